The van der Waals surface area contributed by atoms with Gasteiger partial charge in [0.1, 0.15) is 12.1 Å². The van der Waals surface area contributed by atoms with Gasteiger partial charge in [0.2, 0.25) is 0 Å². The van der Waals surface area contributed by atoms with Gasteiger partial charge in [-0.1, -0.05) is 35.4 Å². The predicted octanol–water partition coefficient (Wildman–Crippen LogP) is 3.14. The van der Waals surface area contributed by atoms with Gasteiger partial charge in [-0.25, -0.2) is 0 Å². The van der Waals surface area contributed by atoms with Crippen LogP contribution in [-0.4, -0.2) is 36.1 Å². The highest BCUT2D eigenvalue weighted by molar-refractivity contribution is 4.82. The molecule has 0 N–H and O–H groups in total. The summed E-state index contributed by atoms with van der Waals surface area (Å²) in [6.45, 7) is 0. The predicted molar refractivity (Wildman–Crippen MR) is 71.3 cm³/mol. The Hall–Kier alpha value is -0.680. The van der Waals surface area contributed by atoms with Crippen LogP contribution in [0.1, 0.15) is 63.5 Å². The Morgan fingerprint density at radius 1 is 0.737 bits per heavy atom. The fourth-order valence-electron chi connectivity index (χ4n) is 3.69. The molecule has 4 unspecified atom stereocenters. The van der Waals surface area contributed by atoms with E-state index in [0.29, 0.717) is 24.3 Å². The fourth-order valence-corrected chi connectivity index (χ4v) is 3.69. The van der Waals surface area contributed by atoms with E-state index in [2.05, 4.69) is 9.71 Å². The summed E-state index contributed by atoms with van der Waals surface area (Å²) in [7, 11) is 3.63. The molecule has 0 spiro atoms. The molecule has 5 nitrogen and oxygen atoms in total. The van der Waals surface area contributed by atoms with Crippen LogP contribution in [0.25, 0.3) is 0 Å². The Morgan fingerprint density at radius 3 is 1.58 bits per heavy atom. The van der Waals surface area contributed by atoms with Gasteiger partial charge < -0.3 is 9.47 Å². The van der Waals surface area contributed by atoms with Gasteiger partial charge in [0.15, 0.2) is 0 Å². The SMILES string of the molecule is COC1CCCCC1n1on1C1CCCCC1OC. The first-order valence-electron chi connectivity index (χ1n) is 7.67. The molecule has 19 heavy (non-hydrogen) atoms. The van der Waals surface area contributed by atoms with Crippen LogP contribution in [0, 0.1) is 0 Å². The number of methoxy groups -OCH3 is 2. The lowest BCUT2D eigenvalue weighted by atomic mass is 9.92. The summed E-state index contributed by atoms with van der Waals surface area (Å²) in [5, 5.41) is 0. The van der Waals surface area contributed by atoms with Crippen LogP contribution in [0.4, 0.5) is 0 Å². The van der Waals surface area contributed by atoms with E-state index < -0.39 is 0 Å². The summed E-state index contributed by atoms with van der Waals surface area (Å²) in [6, 6.07) is 0.774. The molecule has 110 valence electrons. The summed E-state index contributed by atoms with van der Waals surface area (Å²) in [4.78, 5) is 4.10. The summed E-state index contributed by atoms with van der Waals surface area (Å²) >= 11 is 0. The largest absolute Gasteiger partial charge is 0.379 e. The van der Waals surface area contributed by atoms with E-state index in [4.69, 9.17) is 14.1 Å². The third-order valence-corrected chi connectivity index (χ3v) is 4.85. The molecule has 1 aromatic heterocycles. The Balaban J connectivity index is 1.68. The first-order valence-corrected chi connectivity index (χ1v) is 7.67. The maximum absolute atomic E-state index is 5.77. The van der Waals surface area contributed by atoms with Gasteiger partial charge in [-0.05, 0) is 25.7 Å². The monoisotopic (exact) mass is 270 g/mol. The first kappa shape index (κ1) is 13.3. The van der Waals surface area contributed by atoms with E-state index in [1.807, 2.05) is 14.2 Å². The van der Waals surface area contributed by atoms with Crippen LogP contribution in [-0.2, 0) is 9.47 Å². The number of hydrogen-bond donors (Lipinski definition) is 0. The van der Waals surface area contributed by atoms with Crippen LogP contribution in [0.15, 0.2) is 4.63 Å². The summed E-state index contributed by atoms with van der Waals surface area (Å²) in [5.74, 6) is 0. The van der Waals surface area contributed by atoms with Crippen molar-refractivity contribution < 1.29 is 14.1 Å². The molecular weight excluding hydrogens is 244 g/mol. The van der Waals surface area contributed by atoms with Crippen molar-refractivity contribution in [3.05, 3.63) is 0 Å². The summed E-state index contributed by atoms with van der Waals surface area (Å²) in [6.07, 6.45) is 10.3. The number of rotatable bonds is 4. The molecule has 3 rings (SSSR count). The highest BCUT2D eigenvalue weighted by Gasteiger charge is 2.38. The van der Waals surface area contributed by atoms with E-state index >= 15 is 0 Å². The Morgan fingerprint density at radius 2 is 1.16 bits per heavy atom. The van der Waals surface area contributed by atoms with Crippen LogP contribution in [0.3, 0.4) is 0 Å². The molecule has 2 aliphatic carbocycles. The molecule has 1 aromatic rings. The lowest BCUT2D eigenvalue weighted by Crippen LogP contribution is -2.31. The normalized spacial score (nSPS) is 36.7. The minimum absolute atomic E-state index is 0.309. The average molecular weight is 270 g/mol. The molecule has 2 aliphatic rings. The number of nitrogens with zero attached hydrogens (tertiary/aromatic N) is 2. The summed E-state index contributed by atoms with van der Waals surface area (Å²) < 4.78 is 17.0. The minimum Gasteiger partial charge on any atom is -0.379 e. The zero-order chi connectivity index (χ0) is 13.2. The van der Waals surface area contributed by atoms with Crippen molar-refractivity contribution in [2.24, 2.45) is 0 Å². The quantitative estimate of drug-likeness (QED) is 0.844. The van der Waals surface area contributed by atoms with Crippen LogP contribution in [0.5, 0.6) is 0 Å². The maximum Gasteiger partial charge on any atom is 0.116 e. The van der Waals surface area contributed by atoms with Crippen molar-refractivity contribution in [1.29, 1.82) is 0 Å². The van der Waals surface area contributed by atoms with Crippen molar-refractivity contribution in [2.75, 3.05) is 14.2 Å². The first-order chi connectivity index (χ1) is 9.35. The summed E-state index contributed by atoms with van der Waals surface area (Å²) in [5.41, 5.74) is 0. The third-order valence-electron chi connectivity index (χ3n) is 4.85. The Bertz CT molecular complexity index is 348. The lowest BCUT2D eigenvalue weighted by molar-refractivity contribution is 0.0102. The van der Waals surface area contributed by atoms with E-state index in [-0.39, 0.29) is 0 Å². The van der Waals surface area contributed by atoms with Crippen molar-refractivity contribution in [3.8, 4) is 0 Å². The molecule has 0 amide bonds. The Kier molecular flexibility index (Phi) is 4.03. The lowest BCUT2D eigenvalue weighted by Gasteiger charge is -2.29. The van der Waals surface area contributed by atoms with Crippen molar-refractivity contribution in [1.82, 2.24) is 9.71 Å². The van der Waals surface area contributed by atoms with E-state index in [1.165, 1.54) is 38.5 Å². The van der Waals surface area contributed by atoms with Crippen LogP contribution in [0.2, 0.25) is 0 Å². The topological polar surface area (TPSA) is 41.5 Å². The highest BCUT2D eigenvalue weighted by Crippen LogP contribution is 2.37. The van der Waals surface area contributed by atoms with Crippen molar-refractivity contribution in [2.45, 2.75) is 75.7 Å². The second-order valence-corrected chi connectivity index (χ2v) is 5.94. The van der Waals surface area contributed by atoms with Crippen molar-refractivity contribution >= 4 is 0 Å². The van der Waals surface area contributed by atoms with E-state index in [1.54, 1.807) is 0 Å². The zero-order valence-electron chi connectivity index (χ0n) is 12.1. The van der Waals surface area contributed by atoms with Gasteiger partial charge in [-0.15, -0.1) is 0 Å². The van der Waals surface area contributed by atoms with Gasteiger partial charge in [0, 0.05) is 14.2 Å². The zero-order valence-corrected chi connectivity index (χ0v) is 12.1. The molecule has 1 heterocycles. The van der Waals surface area contributed by atoms with Gasteiger partial charge in [-0.3, -0.25) is 4.63 Å². The molecule has 2 saturated carbocycles. The second kappa shape index (κ2) is 5.75. The van der Waals surface area contributed by atoms with Gasteiger partial charge >= 0.3 is 0 Å². The highest BCUT2D eigenvalue weighted by atomic mass is 16.8. The molecule has 0 aromatic carbocycles. The fraction of sp³-hybridized carbons (Fsp3) is 1.00. The van der Waals surface area contributed by atoms with Crippen molar-refractivity contribution in [3.63, 3.8) is 0 Å². The van der Waals surface area contributed by atoms with Gasteiger partial charge in [0.25, 0.3) is 0 Å². The Labute approximate surface area is 114 Å². The molecule has 0 saturated heterocycles. The maximum atomic E-state index is 5.77. The number of hydrogen-bond acceptors (Lipinski definition) is 3. The van der Waals surface area contributed by atoms with Crippen LogP contribution < -0.4 is 0 Å². The standard InChI is InChI=1S/C14H26N2O3/c1-17-13-9-5-3-7-11(13)15-16(19-15)12-8-4-6-10-14(12)18-2/h11-14H,3-10H2,1-2H3. The molecule has 4 atom stereocenters. The molecule has 0 bridgehead atoms. The van der Waals surface area contributed by atoms with Gasteiger partial charge in [0.05, 0.1) is 12.2 Å². The molecule has 0 radical (unpaired) electrons. The van der Waals surface area contributed by atoms with Gasteiger partial charge in [-0.2, -0.15) is 0 Å². The molecule has 5 heteroatoms. The smallest absolute Gasteiger partial charge is 0.116 e. The number of ether oxygens (including phenoxy) is 2. The average Bonchev–Trinajstić information content (AvgIpc) is 3.27. The van der Waals surface area contributed by atoms with Crippen LogP contribution >= 0.6 is 0 Å². The number of aromatic nitrogens is 2. The van der Waals surface area contributed by atoms with E-state index in [0.717, 1.165) is 12.8 Å². The van der Waals surface area contributed by atoms with E-state index in [9.17, 15) is 0 Å². The molecular formula is C14H26N2O3. The second-order valence-electron chi connectivity index (χ2n) is 5.94. The molecule has 2 fully saturated rings. The minimum atomic E-state index is 0.309. The molecule has 0 aliphatic heterocycles. The third kappa shape index (κ3) is 2.63.